The minimum atomic E-state index is -0.175. The zero-order valence-corrected chi connectivity index (χ0v) is 22.0. The predicted octanol–water partition coefficient (Wildman–Crippen LogP) is 4.05. The van der Waals surface area contributed by atoms with Crippen LogP contribution in [0.25, 0.3) is 10.8 Å². The first-order valence-corrected chi connectivity index (χ1v) is 14.2. The quantitative estimate of drug-likeness (QED) is 0.454. The van der Waals surface area contributed by atoms with Crippen LogP contribution in [0.15, 0.2) is 53.9 Å². The molecule has 184 valence electrons. The molecule has 34 heavy (non-hydrogen) atoms. The van der Waals surface area contributed by atoms with Crippen LogP contribution in [-0.4, -0.2) is 72.3 Å². The fourth-order valence-corrected chi connectivity index (χ4v) is 5.52. The van der Waals surface area contributed by atoms with E-state index in [2.05, 4.69) is 69.2 Å². The van der Waals surface area contributed by atoms with E-state index in [1.807, 2.05) is 24.0 Å². The molecule has 0 spiro atoms. The molecule has 8 heteroatoms. The van der Waals surface area contributed by atoms with Gasteiger partial charge in [0.25, 0.3) is 0 Å². The van der Waals surface area contributed by atoms with Gasteiger partial charge in [0.15, 0.2) is 0 Å². The Kier molecular flexibility index (Phi) is 10.8. The molecule has 2 aromatic carbocycles. The van der Waals surface area contributed by atoms with E-state index in [1.54, 1.807) is 23.7 Å². The third-order valence-electron chi connectivity index (χ3n) is 6.36. The van der Waals surface area contributed by atoms with E-state index in [-0.39, 0.29) is 18.4 Å². The van der Waals surface area contributed by atoms with Crippen molar-refractivity contribution in [3.63, 3.8) is 0 Å². The van der Waals surface area contributed by atoms with Crippen molar-refractivity contribution in [3.8, 4) is 0 Å². The third kappa shape index (κ3) is 7.50. The Bertz CT molecular complexity index is 971. The molecule has 1 aliphatic rings. The number of nitrogens with zero attached hydrogens (tertiary/aromatic N) is 2. The van der Waals surface area contributed by atoms with Gasteiger partial charge < -0.3 is 10.6 Å². The lowest BCUT2D eigenvalue weighted by Gasteiger charge is -2.40. The number of thioether (sulfide) groups is 1. The van der Waals surface area contributed by atoms with E-state index in [1.165, 1.54) is 16.3 Å². The van der Waals surface area contributed by atoms with Gasteiger partial charge >= 0.3 is 0 Å². The summed E-state index contributed by atoms with van der Waals surface area (Å²) in [5.41, 5.74) is 1.37. The van der Waals surface area contributed by atoms with Gasteiger partial charge in [-0.05, 0) is 54.0 Å². The van der Waals surface area contributed by atoms with Crippen LogP contribution in [0.2, 0.25) is 0 Å². The minimum absolute atomic E-state index is 0.00908. The second kappa shape index (κ2) is 13.8. The lowest BCUT2D eigenvalue weighted by atomic mass is 9.96. The monoisotopic (exact) mass is 500 g/mol. The molecule has 0 aliphatic carbocycles. The Morgan fingerprint density at radius 1 is 1.09 bits per heavy atom. The van der Waals surface area contributed by atoms with Crippen LogP contribution >= 0.6 is 23.7 Å². The Balaban J connectivity index is 1.47. The molecule has 1 atom stereocenters. The zero-order chi connectivity index (χ0) is 24.3. The highest BCUT2D eigenvalue weighted by atomic mass is 32.2. The van der Waals surface area contributed by atoms with Crippen molar-refractivity contribution < 1.29 is 9.59 Å². The fraction of sp³-hybridized carbons (Fsp3) is 0.462. The van der Waals surface area contributed by atoms with Gasteiger partial charge in [0.05, 0.1) is 13.1 Å². The largest absolute Gasteiger partial charge is 0.351 e. The maximum atomic E-state index is 12.4. The molecular formula is C26H36N4O2S2. The van der Waals surface area contributed by atoms with Crippen LogP contribution in [-0.2, 0) is 9.59 Å². The van der Waals surface area contributed by atoms with Crippen LogP contribution in [0.4, 0.5) is 0 Å². The van der Waals surface area contributed by atoms with Crippen LogP contribution < -0.4 is 10.6 Å². The van der Waals surface area contributed by atoms with Crippen molar-refractivity contribution in [3.05, 3.63) is 59.5 Å². The maximum Gasteiger partial charge on any atom is 0.239 e. The zero-order valence-electron chi connectivity index (χ0n) is 20.3. The summed E-state index contributed by atoms with van der Waals surface area (Å²) >= 11 is 3.19. The van der Waals surface area contributed by atoms with Gasteiger partial charge in [-0.2, -0.15) is 0 Å². The molecule has 1 fully saturated rings. The highest BCUT2D eigenvalue weighted by Crippen LogP contribution is 2.31. The van der Waals surface area contributed by atoms with Gasteiger partial charge in [0.1, 0.15) is 0 Å². The number of rotatable bonds is 11. The molecule has 0 saturated carbocycles. The van der Waals surface area contributed by atoms with E-state index in [4.69, 9.17) is 0 Å². The third-order valence-corrected chi connectivity index (χ3v) is 7.72. The number of hydrogen-bond donors (Lipinski definition) is 2. The predicted molar refractivity (Wildman–Crippen MR) is 146 cm³/mol. The lowest BCUT2D eigenvalue weighted by molar-refractivity contribution is -0.126. The summed E-state index contributed by atoms with van der Waals surface area (Å²) in [6, 6.07) is 15.8. The summed E-state index contributed by atoms with van der Waals surface area (Å²) in [5.74, 6) is -0.291. The molecule has 1 saturated heterocycles. The smallest absolute Gasteiger partial charge is 0.239 e. The first-order chi connectivity index (χ1) is 16.5. The van der Waals surface area contributed by atoms with Gasteiger partial charge in [0, 0.05) is 31.7 Å². The lowest BCUT2D eigenvalue weighted by Crippen LogP contribution is -2.47. The van der Waals surface area contributed by atoms with Gasteiger partial charge in [-0.1, -0.05) is 60.5 Å². The second-order valence-electron chi connectivity index (χ2n) is 8.46. The summed E-state index contributed by atoms with van der Waals surface area (Å²) in [4.78, 5) is 26.9. The Labute approximate surface area is 212 Å². The molecular weight excluding hydrogens is 464 g/mol. The number of likely N-dealkylation sites (tertiary alicyclic amines) is 1. The van der Waals surface area contributed by atoms with Crippen molar-refractivity contribution in [1.29, 1.82) is 0 Å². The number of amides is 2. The second-order valence-corrected chi connectivity index (χ2v) is 10.0. The Morgan fingerprint density at radius 2 is 1.82 bits per heavy atom. The van der Waals surface area contributed by atoms with E-state index < -0.39 is 0 Å². The number of benzene rings is 2. The summed E-state index contributed by atoms with van der Waals surface area (Å²) in [7, 11) is 0. The van der Waals surface area contributed by atoms with E-state index in [9.17, 15) is 9.59 Å². The molecule has 2 amide bonds. The van der Waals surface area contributed by atoms with E-state index in [0.717, 1.165) is 25.9 Å². The first kappa shape index (κ1) is 26.6. The summed E-state index contributed by atoms with van der Waals surface area (Å²) < 4.78 is 2.16. The van der Waals surface area contributed by atoms with E-state index in [0.29, 0.717) is 25.2 Å². The average Bonchev–Trinajstić information content (AvgIpc) is 2.88. The number of hydrogen-bond acceptors (Lipinski definition) is 6. The van der Waals surface area contributed by atoms with Crippen molar-refractivity contribution in [2.45, 2.75) is 31.8 Å². The molecule has 0 bridgehead atoms. The summed E-state index contributed by atoms with van der Waals surface area (Å²) in [6.45, 7) is 5.07. The molecule has 2 aromatic rings. The van der Waals surface area contributed by atoms with Gasteiger partial charge in [-0.3, -0.25) is 14.5 Å². The Hall–Kier alpha value is -2.00. The molecule has 1 heterocycles. The number of fused-ring (bicyclic) bond motifs is 1. The number of piperidine rings is 1. The summed E-state index contributed by atoms with van der Waals surface area (Å²) in [6.07, 6.45) is 7.90. The van der Waals surface area contributed by atoms with Gasteiger partial charge in [-0.15, -0.1) is 11.8 Å². The maximum absolute atomic E-state index is 12.4. The van der Waals surface area contributed by atoms with Crippen molar-refractivity contribution >= 4 is 46.3 Å². The SMILES string of the molecule is CS/C=C/CNC(=O)CNC(=O)CN(SC)C1CCN(C(C)c2cccc3ccccc23)CC1. The summed E-state index contributed by atoms with van der Waals surface area (Å²) in [5, 5.41) is 10.0. The molecule has 3 rings (SSSR count). The van der Waals surface area contributed by atoms with Crippen molar-refractivity contribution in [2.24, 2.45) is 0 Å². The normalized spacial score (nSPS) is 16.2. The number of carbonyl (C=O) groups is 2. The first-order valence-electron chi connectivity index (χ1n) is 11.8. The standard InChI is InChI=1S/C26H36N4O2S2/c1-20(23-11-6-9-21-8-4-5-10-24(21)23)29-15-12-22(13-16-29)30(34-3)19-26(32)28-18-25(31)27-14-7-17-33-2/h4-11,17,20,22H,12-16,18-19H2,1-3H3,(H,27,31)(H,28,32)/b17-7+. The van der Waals surface area contributed by atoms with Crippen LogP contribution in [0.3, 0.4) is 0 Å². The van der Waals surface area contributed by atoms with Crippen LogP contribution in [0, 0.1) is 0 Å². The average molecular weight is 501 g/mol. The molecule has 1 unspecified atom stereocenters. The van der Waals surface area contributed by atoms with Gasteiger partial charge in [-0.25, -0.2) is 4.31 Å². The highest BCUT2D eigenvalue weighted by Gasteiger charge is 2.28. The molecule has 2 N–H and O–H groups in total. The molecule has 1 aliphatic heterocycles. The van der Waals surface area contributed by atoms with Gasteiger partial charge in [0.2, 0.25) is 11.8 Å². The highest BCUT2D eigenvalue weighted by molar-refractivity contribution is 8.01. The molecule has 6 nitrogen and oxygen atoms in total. The van der Waals surface area contributed by atoms with Crippen molar-refractivity contribution in [2.75, 3.05) is 45.2 Å². The van der Waals surface area contributed by atoms with Crippen molar-refractivity contribution in [1.82, 2.24) is 19.8 Å². The minimum Gasteiger partial charge on any atom is -0.351 e. The fourth-order valence-electron chi connectivity index (χ4n) is 4.47. The van der Waals surface area contributed by atoms with E-state index >= 15 is 0 Å². The number of nitrogens with one attached hydrogen (secondary N) is 2. The Morgan fingerprint density at radius 3 is 2.56 bits per heavy atom. The molecule has 0 aromatic heterocycles. The van der Waals surface area contributed by atoms with Crippen LogP contribution in [0.5, 0.6) is 0 Å². The number of carbonyl (C=O) groups excluding carboxylic acids is 2. The molecule has 0 radical (unpaired) electrons. The topological polar surface area (TPSA) is 64.7 Å². The van der Waals surface area contributed by atoms with Crippen LogP contribution in [0.1, 0.15) is 31.4 Å².